The molecule has 2 amide bonds. The van der Waals surface area contributed by atoms with Gasteiger partial charge in [-0.3, -0.25) is 9.59 Å². The van der Waals surface area contributed by atoms with Gasteiger partial charge in [-0.1, -0.05) is 36.2 Å². The minimum Gasteiger partial charge on any atom is -0.378 e. The summed E-state index contributed by atoms with van der Waals surface area (Å²) in [6.45, 7) is 1.49. The second-order valence-electron chi connectivity index (χ2n) is 8.16. The van der Waals surface area contributed by atoms with Gasteiger partial charge in [0.2, 0.25) is 5.91 Å². The minimum atomic E-state index is -0.452. The molecule has 0 spiro atoms. The molecular weight excluding hydrogens is 400 g/mol. The van der Waals surface area contributed by atoms with E-state index in [1.165, 1.54) is 0 Å². The number of halogens is 1. The molecule has 0 aromatic heterocycles. The molecule has 1 saturated carbocycles. The summed E-state index contributed by atoms with van der Waals surface area (Å²) in [4.78, 5) is 25.4. The van der Waals surface area contributed by atoms with Gasteiger partial charge in [0.15, 0.2) is 0 Å². The summed E-state index contributed by atoms with van der Waals surface area (Å²) < 4.78 is 5.64. The number of amides is 2. The first-order valence-electron chi connectivity index (χ1n) is 10.6. The lowest BCUT2D eigenvalue weighted by Gasteiger charge is -2.41. The normalized spacial score (nSPS) is 19.7. The van der Waals surface area contributed by atoms with E-state index in [1.807, 2.05) is 24.3 Å². The maximum absolute atomic E-state index is 13.0. The van der Waals surface area contributed by atoms with E-state index < -0.39 is 5.41 Å². The van der Waals surface area contributed by atoms with Crippen molar-refractivity contribution in [3.8, 4) is 0 Å². The zero-order valence-electron chi connectivity index (χ0n) is 17.0. The van der Waals surface area contributed by atoms with E-state index in [0.29, 0.717) is 22.8 Å². The molecule has 1 aliphatic heterocycles. The number of hydrogen-bond donors (Lipinski definition) is 2. The van der Waals surface area contributed by atoms with E-state index in [-0.39, 0.29) is 17.9 Å². The third kappa shape index (κ3) is 4.52. The molecule has 0 unspecified atom stereocenters. The van der Waals surface area contributed by atoms with E-state index in [9.17, 15) is 9.59 Å². The SMILES string of the molecule is O=C(Nc1ccc(C2(C(=O)NCC[C@@H]3CCCO3)CCC2)cc1)c1cccc(Cl)c1. The standard InChI is InChI=1S/C24H27ClN2O3/c25-19-5-1-4-17(16-19)22(28)27-20-9-7-18(8-10-20)24(12-3-13-24)23(29)26-14-11-21-6-2-15-30-21/h1,4-5,7-10,16,21H,2-3,6,11-15H2,(H,26,29)(H,27,28)/t21-/m0/s1. The average molecular weight is 427 g/mol. The molecule has 0 bridgehead atoms. The van der Waals surface area contributed by atoms with Crippen LogP contribution >= 0.6 is 11.6 Å². The van der Waals surface area contributed by atoms with E-state index >= 15 is 0 Å². The Labute approximate surface area is 182 Å². The molecule has 1 atom stereocenters. The molecule has 1 saturated heterocycles. The Hall–Kier alpha value is -2.37. The quantitative estimate of drug-likeness (QED) is 0.674. The van der Waals surface area contributed by atoms with Crippen LogP contribution in [0.4, 0.5) is 5.69 Å². The van der Waals surface area contributed by atoms with Gasteiger partial charge in [-0.15, -0.1) is 0 Å². The van der Waals surface area contributed by atoms with Gasteiger partial charge in [-0.25, -0.2) is 0 Å². The third-order valence-electron chi connectivity index (χ3n) is 6.20. The van der Waals surface area contributed by atoms with E-state index in [4.69, 9.17) is 16.3 Å². The predicted molar refractivity (Wildman–Crippen MR) is 118 cm³/mol. The predicted octanol–water partition coefficient (Wildman–Crippen LogP) is 4.70. The van der Waals surface area contributed by atoms with Crippen molar-refractivity contribution in [1.82, 2.24) is 5.32 Å². The van der Waals surface area contributed by atoms with Gasteiger partial charge in [0.1, 0.15) is 0 Å². The highest BCUT2D eigenvalue weighted by atomic mass is 35.5. The second kappa shape index (κ2) is 9.19. The van der Waals surface area contributed by atoms with Gasteiger partial charge >= 0.3 is 0 Å². The molecule has 2 aliphatic rings. The highest BCUT2D eigenvalue weighted by molar-refractivity contribution is 6.31. The number of rotatable bonds is 7. The first-order valence-corrected chi connectivity index (χ1v) is 11.0. The zero-order chi connectivity index (χ0) is 21.0. The van der Waals surface area contributed by atoms with Gasteiger partial charge in [0, 0.05) is 29.4 Å². The Bertz CT molecular complexity index is 903. The molecule has 1 aliphatic carbocycles. The largest absolute Gasteiger partial charge is 0.378 e. The fourth-order valence-corrected chi connectivity index (χ4v) is 4.46. The second-order valence-corrected chi connectivity index (χ2v) is 8.59. The van der Waals surface area contributed by atoms with Crippen molar-refractivity contribution in [2.24, 2.45) is 0 Å². The first-order chi connectivity index (χ1) is 14.6. The maximum Gasteiger partial charge on any atom is 0.255 e. The van der Waals surface area contributed by atoms with Crippen LogP contribution in [0.3, 0.4) is 0 Å². The van der Waals surface area contributed by atoms with Crippen molar-refractivity contribution in [2.45, 2.75) is 50.0 Å². The molecule has 4 rings (SSSR count). The molecule has 2 aromatic rings. The van der Waals surface area contributed by atoms with Crippen LogP contribution in [0, 0.1) is 0 Å². The lowest BCUT2D eigenvalue weighted by Crippen LogP contribution is -2.49. The Morgan fingerprint density at radius 1 is 1.10 bits per heavy atom. The Kier molecular flexibility index (Phi) is 6.40. The van der Waals surface area contributed by atoms with Crippen molar-refractivity contribution in [3.05, 3.63) is 64.7 Å². The highest BCUT2D eigenvalue weighted by Gasteiger charge is 2.45. The lowest BCUT2D eigenvalue weighted by atomic mass is 9.63. The molecule has 2 N–H and O–H groups in total. The number of carbonyl (C=O) groups excluding carboxylic acids is 2. The van der Waals surface area contributed by atoms with Crippen LogP contribution < -0.4 is 10.6 Å². The number of nitrogens with one attached hydrogen (secondary N) is 2. The highest BCUT2D eigenvalue weighted by Crippen LogP contribution is 2.44. The molecule has 5 nitrogen and oxygen atoms in total. The summed E-state index contributed by atoms with van der Waals surface area (Å²) in [5.41, 5.74) is 1.75. The summed E-state index contributed by atoms with van der Waals surface area (Å²) in [6.07, 6.45) is 6.11. The van der Waals surface area contributed by atoms with Crippen LogP contribution in [0.2, 0.25) is 5.02 Å². The summed E-state index contributed by atoms with van der Waals surface area (Å²) in [5.74, 6) is -0.113. The van der Waals surface area contributed by atoms with Gasteiger partial charge in [-0.2, -0.15) is 0 Å². The number of benzene rings is 2. The number of carbonyl (C=O) groups is 2. The van der Waals surface area contributed by atoms with Crippen LogP contribution in [-0.4, -0.2) is 31.1 Å². The summed E-state index contributed by atoms with van der Waals surface area (Å²) >= 11 is 5.96. The van der Waals surface area contributed by atoms with Gasteiger partial charge < -0.3 is 15.4 Å². The summed E-state index contributed by atoms with van der Waals surface area (Å²) in [5, 5.41) is 6.53. The Morgan fingerprint density at radius 2 is 1.90 bits per heavy atom. The number of ether oxygens (including phenoxy) is 1. The van der Waals surface area contributed by atoms with Crippen molar-refractivity contribution in [3.63, 3.8) is 0 Å². The molecule has 2 aromatic carbocycles. The average Bonchev–Trinajstić information content (AvgIpc) is 3.22. The van der Waals surface area contributed by atoms with E-state index in [1.54, 1.807) is 24.3 Å². The van der Waals surface area contributed by atoms with E-state index in [0.717, 1.165) is 50.7 Å². The molecule has 2 fully saturated rings. The van der Waals surface area contributed by atoms with Crippen molar-refractivity contribution < 1.29 is 14.3 Å². The maximum atomic E-state index is 13.0. The number of anilines is 1. The van der Waals surface area contributed by atoms with Gasteiger partial charge in [0.25, 0.3) is 5.91 Å². The fraction of sp³-hybridized carbons (Fsp3) is 0.417. The zero-order valence-corrected chi connectivity index (χ0v) is 17.7. The molecule has 1 heterocycles. The van der Waals surface area contributed by atoms with Crippen LogP contribution in [0.15, 0.2) is 48.5 Å². The number of hydrogen-bond acceptors (Lipinski definition) is 3. The lowest BCUT2D eigenvalue weighted by molar-refractivity contribution is -0.130. The minimum absolute atomic E-state index is 0.0995. The monoisotopic (exact) mass is 426 g/mol. The molecular formula is C24H27ClN2O3. The smallest absolute Gasteiger partial charge is 0.255 e. The van der Waals surface area contributed by atoms with Crippen molar-refractivity contribution in [1.29, 1.82) is 0 Å². The Morgan fingerprint density at radius 3 is 2.53 bits per heavy atom. The van der Waals surface area contributed by atoms with Gasteiger partial charge in [0.05, 0.1) is 11.5 Å². The topological polar surface area (TPSA) is 67.4 Å². The van der Waals surface area contributed by atoms with Crippen LogP contribution in [0.1, 0.15) is 54.4 Å². The van der Waals surface area contributed by atoms with Crippen molar-refractivity contribution in [2.75, 3.05) is 18.5 Å². The molecule has 30 heavy (non-hydrogen) atoms. The molecule has 0 radical (unpaired) electrons. The fourth-order valence-electron chi connectivity index (χ4n) is 4.27. The summed E-state index contributed by atoms with van der Waals surface area (Å²) in [6, 6.07) is 14.5. The van der Waals surface area contributed by atoms with Gasteiger partial charge in [-0.05, 0) is 68.0 Å². The van der Waals surface area contributed by atoms with Crippen LogP contribution in [0.5, 0.6) is 0 Å². The van der Waals surface area contributed by atoms with Crippen LogP contribution in [-0.2, 0) is 14.9 Å². The Balaban J connectivity index is 1.37. The molecule has 158 valence electrons. The third-order valence-corrected chi connectivity index (χ3v) is 6.43. The van der Waals surface area contributed by atoms with Crippen LogP contribution in [0.25, 0.3) is 0 Å². The first kappa shape index (κ1) is 20.9. The summed E-state index contributed by atoms with van der Waals surface area (Å²) in [7, 11) is 0. The van der Waals surface area contributed by atoms with E-state index in [2.05, 4.69) is 10.6 Å². The van der Waals surface area contributed by atoms with Crippen molar-refractivity contribution >= 4 is 29.1 Å². The molecule has 6 heteroatoms.